The van der Waals surface area contributed by atoms with Crippen molar-refractivity contribution >= 4 is 33.2 Å². The second-order valence-corrected chi connectivity index (χ2v) is 6.18. The first-order valence-electron chi connectivity index (χ1n) is 4.76. The summed E-state index contributed by atoms with van der Waals surface area (Å²) in [5.41, 5.74) is 5.51. The maximum Gasteiger partial charge on any atom is 0.356 e. The highest BCUT2D eigenvalue weighted by molar-refractivity contribution is 7.91. The van der Waals surface area contributed by atoms with Gasteiger partial charge in [0.05, 0.1) is 12.1 Å². The molecule has 0 spiro atoms. The molecule has 1 aromatic rings. The molecule has 0 fully saturated rings. The van der Waals surface area contributed by atoms with Crippen molar-refractivity contribution < 1.29 is 23.1 Å². The number of hydrogen-bond acceptors (Lipinski definition) is 6. The first kappa shape index (κ1) is 14.5. The minimum absolute atomic E-state index is 0.00221. The van der Waals surface area contributed by atoms with Crippen LogP contribution in [-0.4, -0.2) is 47.8 Å². The molecule has 18 heavy (non-hydrogen) atoms. The fourth-order valence-electron chi connectivity index (χ4n) is 1.22. The smallest absolute Gasteiger partial charge is 0.356 e. The van der Waals surface area contributed by atoms with Crippen molar-refractivity contribution in [2.75, 3.05) is 13.1 Å². The van der Waals surface area contributed by atoms with Gasteiger partial charge in [-0.05, 0) is 0 Å². The number of carboxylic acid groups (broad SMARTS) is 1. The third-order valence-electron chi connectivity index (χ3n) is 2.00. The van der Waals surface area contributed by atoms with Crippen LogP contribution >= 0.6 is 11.3 Å². The number of nitrogens with zero attached hydrogens (tertiary/aromatic N) is 2. The minimum atomic E-state index is -4.07. The Morgan fingerprint density at radius 2 is 2.17 bits per heavy atom. The van der Waals surface area contributed by atoms with E-state index in [2.05, 4.69) is 4.98 Å². The number of carbonyl (C=O) groups excluding carboxylic acids is 1. The average molecular weight is 293 g/mol. The van der Waals surface area contributed by atoms with Crippen LogP contribution in [0.4, 0.5) is 0 Å². The van der Waals surface area contributed by atoms with E-state index in [9.17, 15) is 18.0 Å². The molecule has 1 heterocycles. The zero-order valence-corrected chi connectivity index (χ0v) is 11.0. The van der Waals surface area contributed by atoms with E-state index < -0.39 is 38.3 Å². The lowest BCUT2D eigenvalue weighted by molar-refractivity contribution is -0.118. The van der Waals surface area contributed by atoms with Crippen LogP contribution in [0.1, 0.15) is 17.4 Å². The quantitative estimate of drug-likeness (QED) is 0.715. The van der Waals surface area contributed by atoms with E-state index in [1.807, 2.05) is 0 Å². The van der Waals surface area contributed by atoms with Crippen molar-refractivity contribution in [1.29, 1.82) is 0 Å². The second-order valence-electron chi connectivity index (χ2n) is 3.19. The molecule has 100 valence electrons. The van der Waals surface area contributed by atoms with Gasteiger partial charge in [0, 0.05) is 6.54 Å². The number of amides is 1. The van der Waals surface area contributed by atoms with Gasteiger partial charge in [0.2, 0.25) is 5.91 Å². The van der Waals surface area contributed by atoms with Crippen LogP contribution < -0.4 is 5.73 Å². The van der Waals surface area contributed by atoms with Crippen LogP contribution in [0.5, 0.6) is 0 Å². The number of carboxylic acids is 1. The Bertz CT molecular complexity index is 565. The Hall–Kier alpha value is -1.52. The van der Waals surface area contributed by atoms with Crippen molar-refractivity contribution in [2.45, 2.75) is 11.1 Å². The molecule has 0 radical (unpaired) electrons. The Morgan fingerprint density at radius 1 is 1.56 bits per heavy atom. The van der Waals surface area contributed by atoms with Crippen LogP contribution in [0.15, 0.2) is 9.72 Å². The highest BCUT2D eigenvalue weighted by Gasteiger charge is 2.31. The minimum Gasteiger partial charge on any atom is -0.476 e. The van der Waals surface area contributed by atoms with Gasteiger partial charge in [-0.2, -0.15) is 4.31 Å². The molecule has 1 amide bonds. The molecular weight excluding hydrogens is 282 g/mol. The molecule has 0 aliphatic rings. The average Bonchev–Trinajstić information content (AvgIpc) is 2.74. The molecule has 8 nitrogen and oxygen atoms in total. The Morgan fingerprint density at radius 3 is 2.61 bits per heavy atom. The largest absolute Gasteiger partial charge is 0.476 e. The summed E-state index contributed by atoms with van der Waals surface area (Å²) in [4.78, 5) is 25.1. The van der Waals surface area contributed by atoms with E-state index in [0.29, 0.717) is 11.3 Å². The number of rotatable bonds is 6. The number of primary amides is 1. The summed E-state index contributed by atoms with van der Waals surface area (Å²) in [6, 6.07) is 0. The molecule has 3 N–H and O–H groups in total. The lowest BCUT2D eigenvalue weighted by Gasteiger charge is -2.17. The lowest BCUT2D eigenvalue weighted by Crippen LogP contribution is -2.38. The first-order chi connectivity index (χ1) is 8.30. The van der Waals surface area contributed by atoms with Gasteiger partial charge in [-0.3, -0.25) is 4.79 Å². The molecule has 1 aromatic heterocycles. The van der Waals surface area contributed by atoms with Gasteiger partial charge < -0.3 is 10.8 Å². The predicted molar refractivity (Wildman–Crippen MR) is 62.7 cm³/mol. The van der Waals surface area contributed by atoms with Crippen LogP contribution in [0, 0.1) is 0 Å². The number of nitrogens with two attached hydrogens (primary N) is 1. The number of hydrogen-bond donors (Lipinski definition) is 2. The number of aromatic carboxylic acids is 1. The number of thiazole rings is 1. The molecule has 0 aliphatic carbocycles. The van der Waals surface area contributed by atoms with E-state index in [1.165, 1.54) is 6.92 Å². The summed E-state index contributed by atoms with van der Waals surface area (Å²) in [5, 5.41) is 8.82. The number of sulfonamides is 1. The molecule has 0 saturated carbocycles. The van der Waals surface area contributed by atoms with Crippen molar-refractivity contribution in [3.63, 3.8) is 0 Å². The highest BCUT2D eigenvalue weighted by atomic mass is 32.2. The molecular formula is C8H11N3O5S2. The SMILES string of the molecule is CCN(CC(N)=O)S(=O)(=O)c1scnc1C(=O)O. The standard InChI is InChI=1S/C8H11N3O5S2/c1-2-11(3-5(9)12)18(15,16)8-6(7(13)14)10-4-17-8/h4H,2-3H2,1H3,(H2,9,12)(H,13,14). The second kappa shape index (κ2) is 5.42. The summed E-state index contributed by atoms with van der Waals surface area (Å²) in [7, 11) is -4.07. The number of aromatic nitrogens is 1. The van der Waals surface area contributed by atoms with Gasteiger partial charge >= 0.3 is 5.97 Å². The molecule has 0 saturated heterocycles. The van der Waals surface area contributed by atoms with Crippen LogP contribution in [0.2, 0.25) is 0 Å². The van der Waals surface area contributed by atoms with E-state index in [4.69, 9.17) is 10.8 Å². The molecule has 0 aliphatic heterocycles. The van der Waals surface area contributed by atoms with Crippen molar-refractivity contribution in [3.05, 3.63) is 11.2 Å². The summed E-state index contributed by atoms with van der Waals surface area (Å²) in [5.74, 6) is -2.26. The van der Waals surface area contributed by atoms with Crippen molar-refractivity contribution in [1.82, 2.24) is 9.29 Å². The van der Waals surface area contributed by atoms with Gasteiger partial charge in [-0.25, -0.2) is 18.2 Å². The van der Waals surface area contributed by atoms with Gasteiger partial charge in [-0.1, -0.05) is 6.92 Å². The summed E-state index contributed by atoms with van der Waals surface area (Å²) in [6.45, 7) is 1.01. The molecule has 0 bridgehead atoms. The summed E-state index contributed by atoms with van der Waals surface area (Å²) in [6.07, 6.45) is 0. The normalized spacial score (nSPS) is 11.7. The maximum atomic E-state index is 12.1. The molecule has 0 aromatic carbocycles. The Kier molecular flexibility index (Phi) is 4.38. The zero-order valence-electron chi connectivity index (χ0n) is 9.36. The summed E-state index contributed by atoms with van der Waals surface area (Å²) >= 11 is 0.682. The summed E-state index contributed by atoms with van der Waals surface area (Å²) < 4.78 is 24.6. The first-order valence-corrected chi connectivity index (χ1v) is 7.08. The molecule has 1 rings (SSSR count). The Labute approximate surface area is 107 Å². The van der Waals surface area contributed by atoms with Crippen molar-refractivity contribution in [3.8, 4) is 0 Å². The fraction of sp³-hybridized carbons (Fsp3) is 0.375. The fourth-order valence-corrected chi connectivity index (χ4v) is 3.91. The number of likely N-dealkylation sites (N-methyl/N-ethyl adjacent to an activating group) is 1. The van der Waals surface area contributed by atoms with E-state index in [0.717, 1.165) is 9.82 Å². The van der Waals surface area contributed by atoms with Gasteiger partial charge in [0.1, 0.15) is 0 Å². The van der Waals surface area contributed by atoms with Crippen molar-refractivity contribution in [2.24, 2.45) is 5.73 Å². The third kappa shape index (κ3) is 2.83. The Balaban J connectivity index is 3.23. The number of carbonyl (C=O) groups is 2. The predicted octanol–water partition coefficient (Wildman–Crippen LogP) is -0.663. The van der Waals surface area contributed by atoms with E-state index in [-0.39, 0.29) is 6.54 Å². The van der Waals surface area contributed by atoms with E-state index in [1.54, 1.807) is 0 Å². The van der Waals surface area contributed by atoms with Gasteiger partial charge in [0.15, 0.2) is 9.90 Å². The third-order valence-corrected chi connectivity index (χ3v) is 5.26. The lowest BCUT2D eigenvalue weighted by atomic mass is 10.5. The van der Waals surface area contributed by atoms with E-state index >= 15 is 0 Å². The molecule has 0 atom stereocenters. The monoisotopic (exact) mass is 293 g/mol. The topological polar surface area (TPSA) is 131 Å². The molecule has 0 unspecified atom stereocenters. The van der Waals surface area contributed by atoms with Crippen LogP contribution in [-0.2, 0) is 14.8 Å². The molecule has 10 heteroatoms. The zero-order chi connectivity index (χ0) is 13.9. The van der Waals surface area contributed by atoms with Gasteiger partial charge in [0.25, 0.3) is 10.0 Å². The maximum absolute atomic E-state index is 12.1. The highest BCUT2D eigenvalue weighted by Crippen LogP contribution is 2.23. The van der Waals surface area contributed by atoms with Crippen LogP contribution in [0.3, 0.4) is 0 Å². The van der Waals surface area contributed by atoms with Crippen LogP contribution in [0.25, 0.3) is 0 Å². The van der Waals surface area contributed by atoms with Gasteiger partial charge in [-0.15, -0.1) is 11.3 Å².